The van der Waals surface area contributed by atoms with E-state index in [1.54, 1.807) is 62.4 Å². The molecule has 0 radical (unpaired) electrons. The first-order valence-corrected chi connectivity index (χ1v) is 15.6. The van der Waals surface area contributed by atoms with E-state index in [1.165, 1.54) is 13.3 Å². The molecular weight excluding hydrogens is 727 g/mol. The van der Waals surface area contributed by atoms with Gasteiger partial charge in [0.1, 0.15) is 6.61 Å². The van der Waals surface area contributed by atoms with Crippen molar-refractivity contribution < 1.29 is 33.3 Å². The molecule has 1 atom stereocenters. The first-order chi connectivity index (χ1) is 22.0. The van der Waals surface area contributed by atoms with Gasteiger partial charge in [0.05, 0.1) is 41.0 Å². The molecule has 0 saturated carbocycles. The predicted octanol–water partition coefficient (Wildman–Crippen LogP) is 6.72. The van der Waals surface area contributed by atoms with Gasteiger partial charge in [0.25, 0.3) is 5.91 Å². The van der Waals surface area contributed by atoms with Gasteiger partial charge in [-0.05, 0) is 77.3 Å². The monoisotopic (exact) mass is 752 g/mol. The summed E-state index contributed by atoms with van der Waals surface area (Å²) >= 11 is 22.0. The molecule has 1 heterocycles. The summed E-state index contributed by atoms with van der Waals surface area (Å²) in [5.74, 6) is -0.153. The Bertz CT molecular complexity index is 1690. The number of esters is 1. The smallest absolute Gasteiger partial charge is 0.338 e. The molecule has 11 nitrogen and oxygen atoms in total. The number of amides is 3. The second kappa shape index (κ2) is 16.0. The summed E-state index contributed by atoms with van der Waals surface area (Å²) in [7, 11) is 1.43. The van der Waals surface area contributed by atoms with Crippen LogP contribution >= 0.6 is 50.7 Å². The Morgan fingerprint density at radius 1 is 1.04 bits per heavy atom. The molecule has 0 bridgehead atoms. The Morgan fingerprint density at radius 3 is 2.52 bits per heavy atom. The lowest BCUT2D eigenvalue weighted by Gasteiger charge is -2.28. The number of halogens is 4. The fourth-order valence-electron chi connectivity index (χ4n) is 4.34. The van der Waals surface area contributed by atoms with E-state index in [1.807, 2.05) is 0 Å². The van der Waals surface area contributed by atoms with Crippen LogP contribution in [0.5, 0.6) is 17.2 Å². The van der Waals surface area contributed by atoms with Crippen molar-refractivity contribution in [2.45, 2.75) is 26.5 Å². The first-order valence-electron chi connectivity index (χ1n) is 13.6. The van der Waals surface area contributed by atoms with E-state index in [2.05, 4.69) is 37.1 Å². The van der Waals surface area contributed by atoms with Gasteiger partial charge >= 0.3 is 12.0 Å². The van der Waals surface area contributed by atoms with E-state index < -0.39 is 23.9 Å². The van der Waals surface area contributed by atoms with Gasteiger partial charge in [-0.3, -0.25) is 4.79 Å². The number of carbonyl (C=O) groups is 3. The highest BCUT2D eigenvalue weighted by molar-refractivity contribution is 9.10. The molecule has 0 saturated heterocycles. The van der Waals surface area contributed by atoms with Gasteiger partial charge in [0.15, 0.2) is 23.9 Å². The van der Waals surface area contributed by atoms with Gasteiger partial charge in [-0.15, -0.1) is 0 Å². The Hall–Kier alpha value is -3.97. The number of nitrogens with zero attached hydrogens (tertiary/aromatic N) is 1. The molecule has 46 heavy (non-hydrogen) atoms. The van der Waals surface area contributed by atoms with Crippen LogP contribution in [-0.4, -0.2) is 44.4 Å². The molecule has 242 valence electrons. The molecule has 3 amide bonds. The number of nitrogens with one attached hydrogen (secondary N) is 3. The van der Waals surface area contributed by atoms with Crippen molar-refractivity contribution in [3.63, 3.8) is 0 Å². The quantitative estimate of drug-likeness (QED) is 0.106. The van der Waals surface area contributed by atoms with Crippen LogP contribution in [0.1, 0.15) is 36.6 Å². The van der Waals surface area contributed by atoms with Crippen LogP contribution in [0.25, 0.3) is 0 Å². The van der Waals surface area contributed by atoms with Crippen LogP contribution in [0.4, 0.5) is 4.79 Å². The minimum absolute atomic E-state index is 0.172. The number of methoxy groups -OCH3 is 1. The molecule has 4 rings (SSSR count). The van der Waals surface area contributed by atoms with Crippen LogP contribution in [0.3, 0.4) is 0 Å². The fraction of sp³-hybridized carbons (Fsp3) is 0.226. The summed E-state index contributed by atoms with van der Waals surface area (Å²) in [6, 6.07) is 12.0. The predicted molar refractivity (Wildman–Crippen MR) is 178 cm³/mol. The number of urea groups is 1. The lowest BCUT2D eigenvalue weighted by Crippen LogP contribution is -2.45. The summed E-state index contributed by atoms with van der Waals surface area (Å²) in [5.41, 5.74) is 4.90. The van der Waals surface area contributed by atoms with Gasteiger partial charge in [0.2, 0.25) is 0 Å². The molecule has 3 aromatic rings. The van der Waals surface area contributed by atoms with Crippen LogP contribution in [0, 0.1) is 0 Å². The number of hydrogen-bond acceptors (Lipinski definition) is 8. The molecule has 15 heteroatoms. The van der Waals surface area contributed by atoms with E-state index in [0.717, 1.165) is 5.56 Å². The van der Waals surface area contributed by atoms with Crippen molar-refractivity contribution in [2.75, 3.05) is 20.3 Å². The van der Waals surface area contributed by atoms with E-state index in [-0.39, 0.29) is 36.9 Å². The molecule has 0 aromatic heterocycles. The minimum Gasteiger partial charge on any atom is -0.493 e. The fourth-order valence-corrected chi connectivity index (χ4v) is 5.79. The second-order valence-corrected chi connectivity index (χ2v) is 11.7. The largest absolute Gasteiger partial charge is 0.493 e. The maximum atomic E-state index is 12.6. The molecule has 0 fully saturated rings. The summed E-state index contributed by atoms with van der Waals surface area (Å²) in [4.78, 5) is 37.2. The van der Waals surface area contributed by atoms with E-state index in [0.29, 0.717) is 42.1 Å². The van der Waals surface area contributed by atoms with Crippen molar-refractivity contribution in [1.29, 1.82) is 0 Å². The minimum atomic E-state index is -0.787. The number of rotatable bonds is 12. The lowest BCUT2D eigenvalue weighted by atomic mass is 9.95. The molecular formula is C31H28BrCl3N4O7. The van der Waals surface area contributed by atoms with Gasteiger partial charge < -0.3 is 29.6 Å². The van der Waals surface area contributed by atoms with E-state index >= 15 is 0 Å². The van der Waals surface area contributed by atoms with Crippen molar-refractivity contribution in [1.82, 2.24) is 16.1 Å². The molecule has 0 spiro atoms. The standard InChI is InChI=1S/C31H28BrCl3N4O7/c1-4-44-30(41)27-16(2)37-31(42)38-28(27)18-6-8-24(25(11-18)43-3)45-15-26(40)39-36-13-17-9-21(32)29(23(35)10-17)46-14-19-5-7-20(33)12-22(19)34/h5-13,28H,4,14-15H2,1-3H3,(H,39,40)(H2,37,38,42)/b36-13-/t28-/m0/s1. The average molecular weight is 755 g/mol. The third-order valence-electron chi connectivity index (χ3n) is 6.45. The number of ether oxygens (including phenoxy) is 4. The molecule has 1 aliphatic heterocycles. The van der Waals surface area contributed by atoms with Gasteiger partial charge in [-0.2, -0.15) is 5.10 Å². The summed E-state index contributed by atoms with van der Waals surface area (Å²) in [6.07, 6.45) is 1.41. The zero-order valence-electron chi connectivity index (χ0n) is 24.7. The Balaban J connectivity index is 1.36. The van der Waals surface area contributed by atoms with Crippen LogP contribution in [0.2, 0.25) is 15.1 Å². The van der Waals surface area contributed by atoms with Crippen LogP contribution in [-0.2, 0) is 20.9 Å². The normalized spacial score (nSPS) is 14.4. The summed E-state index contributed by atoms with van der Waals surface area (Å²) < 4.78 is 22.7. The SMILES string of the molecule is CCOC(=O)C1=C(C)NC(=O)N[C@H]1c1ccc(OCC(=O)N/N=C\c2cc(Cl)c(OCc3ccc(Cl)cc3Cl)c(Br)c2)c(OC)c1. The molecule has 3 N–H and O–H groups in total. The number of hydrazone groups is 1. The van der Waals surface area contributed by atoms with Crippen molar-refractivity contribution in [3.8, 4) is 17.2 Å². The highest BCUT2D eigenvalue weighted by atomic mass is 79.9. The topological polar surface area (TPSA) is 137 Å². The van der Waals surface area contributed by atoms with Gasteiger partial charge in [-0.25, -0.2) is 15.0 Å². The average Bonchev–Trinajstić information content (AvgIpc) is 3.00. The van der Waals surface area contributed by atoms with Crippen molar-refractivity contribution >= 4 is 74.9 Å². The molecule has 1 aliphatic rings. The Labute approximate surface area is 288 Å². The number of carbonyl (C=O) groups excluding carboxylic acids is 3. The number of benzene rings is 3. The van der Waals surface area contributed by atoms with Crippen molar-refractivity contribution in [3.05, 3.63) is 96.0 Å². The highest BCUT2D eigenvalue weighted by Gasteiger charge is 2.32. The molecule has 0 aliphatic carbocycles. The zero-order chi connectivity index (χ0) is 33.4. The zero-order valence-corrected chi connectivity index (χ0v) is 28.6. The third-order valence-corrected chi connectivity index (χ3v) is 7.91. The van der Waals surface area contributed by atoms with Crippen LogP contribution < -0.4 is 30.3 Å². The Morgan fingerprint density at radius 2 is 1.83 bits per heavy atom. The van der Waals surface area contributed by atoms with Crippen LogP contribution in [0.15, 0.2) is 69.4 Å². The highest BCUT2D eigenvalue weighted by Crippen LogP contribution is 2.36. The van der Waals surface area contributed by atoms with Crippen molar-refractivity contribution in [2.24, 2.45) is 5.10 Å². The maximum Gasteiger partial charge on any atom is 0.338 e. The summed E-state index contributed by atoms with van der Waals surface area (Å²) in [5, 5.41) is 10.6. The molecule has 0 unspecified atom stereocenters. The Kier molecular flexibility index (Phi) is 12.2. The third kappa shape index (κ3) is 8.85. The lowest BCUT2D eigenvalue weighted by molar-refractivity contribution is -0.139. The maximum absolute atomic E-state index is 12.6. The first kappa shape index (κ1) is 34.9. The second-order valence-electron chi connectivity index (χ2n) is 9.62. The van der Waals surface area contributed by atoms with E-state index in [9.17, 15) is 14.4 Å². The molecule has 3 aromatic carbocycles. The van der Waals surface area contributed by atoms with E-state index in [4.69, 9.17) is 53.8 Å². The van der Waals surface area contributed by atoms with Gasteiger partial charge in [-0.1, -0.05) is 46.9 Å². The number of allylic oxidation sites excluding steroid dienone is 1. The summed E-state index contributed by atoms with van der Waals surface area (Å²) in [6.45, 7) is 3.27. The number of hydrogen-bond donors (Lipinski definition) is 3. The van der Waals surface area contributed by atoms with Gasteiger partial charge in [0, 0.05) is 21.3 Å².